The first-order chi connectivity index (χ1) is 13.5. The van der Waals surface area contributed by atoms with Crippen molar-refractivity contribution in [3.63, 3.8) is 0 Å². The zero-order valence-electron chi connectivity index (χ0n) is 16.2. The second kappa shape index (κ2) is 8.48. The predicted octanol–water partition coefficient (Wildman–Crippen LogP) is 4.77. The third-order valence-electron chi connectivity index (χ3n) is 4.64. The van der Waals surface area contributed by atoms with Gasteiger partial charge in [0.25, 0.3) is 11.8 Å². The number of carbonyl (C=O) groups excluding carboxylic acids is 2. The van der Waals surface area contributed by atoms with Gasteiger partial charge >= 0.3 is 0 Å². The Hall–Kier alpha value is -3.47. The van der Waals surface area contributed by atoms with Crippen molar-refractivity contribution in [2.75, 3.05) is 10.6 Å². The molecule has 0 atom stereocenters. The van der Waals surface area contributed by atoms with Gasteiger partial charge in [0, 0.05) is 23.1 Å². The van der Waals surface area contributed by atoms with Crippen LogP contribution in [0.2, 0.25) is 0 Å². The Balaban J connectivity index is 1.72. The first-order valence-electron chi connectivity index (χ1n) is 9.21. The Kier molecular flexibility index (Phi) is 5.84. The summed E-state index contributed by atoms with van der Waals surface area (Å²) in [5.74, 6) is -0.642. The van der Waals surface area contributed by atoms with Crippen LogP contribution in [-0.2, 0) is 6.42 Å². The number of hydrogen-bond donors (Lipinski definition) is 2. The van der Waals surface area contributed by atoms with Gasteiger partial charge in [0.1, 0.15) is 5.69 Å². The molecular weight excluding hydrogens is 350 g/mol. The van der Waals surface area contributed by atoms with Crippen LogP contribution in [0.3, 0.4) is 0 Å². The molecule has 0 saturated heterocycles. The normalized spacial score (nSPS) is 10.4. The molecule has 2 N–H and O–H groups in total. The van der Waals surface area contributed by atoms with Crippen LogP contribution in [0.15, 0.2) is 60.8 Å². The number of anilines is 2. The molecule has 0 bridgehead atoms. The Morgan fingerprint density at radius 1 is 0.821 bits per heavy atom. The summed E-state index contributed by atoms with van der Waals surface area (Å²) in [6, 6.07) is 16.5. The molecule has 0 saturated carbocycles. The SMILES string of the molecule is CCc1ccc(NC(=O)c2ccnc(C(=O)Nc3ccc(C)c(C)c3)c2)cc1. The van der Waals surface area contributed by atoms with Crippen LogP contribution in [-0.4, -0.2) is 16.8 Å². The largest absolute Gasteiger partial charge is 0.322 e. The second-order valence-corrected chi connectivity index (χ2v) is 6.69. The van der Waals surface area contributed by atoms with E-state index in [0.29, 0.717) is 16.9 Å². The topological polar surface area (TPSA) is 71.1 Å². The van der Waals surface area contributed by atoms with Gasteiger partial charge in [-0.3, -0.25) is 14.6 Å². The smallest absolute Gasteiger partial charge is 0.274 e. The molecule has 0 fully saturated rings. The van der Waals surface area contributed by atoms with Gasteiger partial charge in [-0.05, 0) is 73.4 Å². The van der Waals surface area contributed by atoms with Crippen LogP contribution < -0.4 is 10.6 Å². The number of amides is 2. The van der Waals surface area contributed by atoms with Crippen molar-refractivity contribution in [2.45, 2.75) is 27.2 Å². The number of aryl methyl sites for hydroxylation is 3. The molecule has 0 aliphatic rings. The highest BCUT2D eigenvalue weighted by atomic mass is 16.2. The van der Waals surface area contributed by atoms with Crippen LogP contribution in [0.4, 0.5) is 11.4 Å². The Morgan fingerprint density at radius 3 is 2.18 bits per heavy atom. The summed E-state index contributed by atoms with van der Waals surface area (Å²) in [4.78, 5) is 29.1. The molecule has 28 heavy (non-hydrogen) atoms. The first kappa shape index (κ1) is 19.3. The van der Waals surface area contributed by atoms with Crippen molar-refractivity contribution in [1.29, 1.82) is 0 Å². The zero-order valence-corrected chi connectivity index (χ0v) is 16.2. The van der Waals surface area contributed by atoms with Crippen LogP contribution in [0.1, 0.15) is 44.5 Å². The number of nitrogens with zero attached hydrogens (tertiary/aromatic N) is 1. The molecule has 5 heteroatoms. The summed E-state index contributed by atoms with van der Waals surface area (Å²) in [5.41, 5.74) is 5.41. The summed E-state index contributed by atoms with van der Waals surface area (Å²) in [6.07, 6.45) is 2.40. The van der Waals surface area contributed by atoms with E-state index in [9.17, 15) is 9.59 Å². The van der Waals surface area contributed by atoms with E-state index in [0.717, 1.165) is 17.5 Å². The number of hydrogen-bond acceptors (Lipinski definition) is 3. The van der Waals surface area contributed by atoms with Crippen molar-refractivity contribution >= 4 is 23.2 Å². The van der Waals surface area contributed by atoms with E-state index in [1.54, 1.807) is 6.07 Å². The molecule has 2 amide bonds. The fraction of sp³-hybridized carbons (Fsp3) is 0.174. The quantitative estimate of drug-likeness (QED) is 0.677. The monoisotopic (exact) mass is 373 g/mol. The lowest BCUT2D eigenvalue weighted by atomic mass is 10.1. The lowest BCUT2D eigenvalue weighted by molar-refractivity contribution is 0.102. The highest BCUT2D eigenvalue weighted by Gasteiger charge is 2.13. The van der Waals surface area contributed by atoms with E-state index >= 15 is 0 Å². The lowest BCUT2D eigenvalue weighted by Gasteiger charge is -2.09. The molecule has 2 aromatic carbocycles. The highest BCUT2D eigenvalue weighted by Crippen LogP contribution is 2.16. The van der Waals surface area contributed by atoms with Gasteiger partial charge in [-0.2, -0.15) is 0 Å². The number of aromatic nitrogens is 1. The minimum absolute atomic E-state index is 0.187. The van der Waals surface area contributed by atoms with Gasteiger partial charge in [0.2, 0.25) is 0 Å². The number of nitrogens with one attached hydrogen (secondary N) is 2. The second-order valence-electron chi connectivity index (χ2n) is 6.69. The van der Waals surface area contributed by atoms with Gasteiger partial charge < -0.3 is 10.6 Å². The first-order valence-corrected chi connectivity index (χ1v) is 9.21. The standard InChI is InChI=1S/C23H23N3O2/c1-4-17-6-9-19(10-7-17)25-22(27)18-11-12-24-21(14-18)23(28)26-20-8-5-15(2)16(3)13-20/h5-14H,4H2,1-3H3,(H,25,27)(H,26,28). The van der Waals surface area contributed by atoms with Gasteiger partial charge in [0.05, 0.1) is 0 Å². The van der Waals surface area contributed by atoms with Crippen molar-refractivity contribution in [2.24, 2.45) is 0 Å². The average Bonchev–Trinajstić information content (AvgIpc) is 2.71. The third kappa shape index (κ3) is 4.62. The molecule has 3 rings (SSSR count). The number of rotatable bonds is 5. The van der Waals surface area contributed by atoms with E-state index in [-0.39, 0.29) is 17.5 Å². The molecular formula is C23H23N3O2. The maximum absolute atomic E-state index is 12.5. The maximum atomic E-state index is 12.5. The van der Waals surface area contributed by atoms with Crippen molar-refractivity contribution in [1.82, 2.24) is 4.98 Å². The van der Waals surface area contributed by atoms with Gasteiger partial charge in [-0.15, -0.1) is 0 Å². The summed E-state index contributed by atoms with van der Waals surface area (Å²) in [7, 11) is 0. The molecule has 142 valence electrons. The fourth-order valence-corrected chi connectivity index (χ4v) is 2.74. The Morgan fingerprint density at radius 2 is 1.50 bits per heavy atom. The molecule has 5 nitrogen and oxygen atoms in total. The molecule has 1 heterocycles. The zero-order chi connectivity index (χ0) is 20.1. The fourth-order valence-electron chi connectivity index (χ4n) is 2.74. The molecule has 0 unspecified atom stereocenters. The number of benzene rings is 2. The van der Waals surface area contributed by atoms with E-state index in [1.807, 2.05) is 56.3 Å². The highest BCUT2D eigenvalue weighted by molar-refractivity contribution is 6.07. The van der Waals surface area contributed by atoms with E-state index in [4.69, 9.17) is 0 Å². The van der Waals surface area contributed by atoms with E-state index in [1.165, 1.54) is 17.8 Å². The molecule has 0 radical (unpaired) electrons. The molecule has 0 aliphatic heterocycles. The summed E-state index contributed by atoms with van der Waals surface area (Å²) in [5, 5.41) is 5.66. The summed E-state index contributed by atoms with van der Waals surface area (Å²) in [6.45, 7) is 6.08. The van der Waals surface area contributed by atoms with E-state index < -0.39 is 0 Å². The summed E-state index contributed by atoms with van der Waals surface area (Å²) < 4.78 is 0. The van der Waals surface area contributed by atoms with Crippen LogP contribution >= 0.6 is 0 Å². The van der Waals surface area contributed by atoms with Gasteiger partial charge in [-0.25, -0.2) is 0 Å². The maximum Gasteiger partial charge on any atom is 0.274 e. The van der Waals surface area contributed by atoms with Crippen LogP contribution in [0.5, 0.6) is 0 Å². The van der Waals surface area contributed by atoms with Gasteiger partial charge in [-0.1, -0.05) is 25.1 Å². The molecule has 0 aliphatic carbocycles. The minimum Gasteiger partial charge on any atom is -0.322 e. The van der Waals surface area contributed by atoms with Crippen molar-refractivity contribution < 1.29 is 9.59 Å². The molecule has 1 aromatic heterocycles. The Bertz CT molecular complexity index is 1010. The molecule has 3 aromatic rings. The summed E-state index contributed by atoms with van der Waals surface area (Å²) >= 11 is 0. The molecule has 0 spiro atoms. The lowest BCUT2D eigenvalue weighted by Crippen LogP contribution is -2.17. The third-order valence-corrected chi connectivity index (χ3v) is 4.64. The van der Waals surface area contributed by atoms with Crippen molar-refractivity contribution in [3.8, 4) is 0 Å². The Labute approximate surface area is 164 Å². The predicted molar refractivity (Wildman–Crippen MR) is 112 cm³/mol. The van der Waals surface area contributed by atoms with Gasteiger partial charge in [0.15, 0.2) is 0 Å². The minimum atomic E-state index is -0.356. The van der Waals surface area contributed by atoms with Crippen molar-refractivity contribution in [3.05, 3.63) is 88.7 Å². The average molecular weight is 373 g/mol. The number of carbonyl (C=O) groups is 2. The van der Waals surface area contributed by atoms with Crippen LogP contribution in [0, 0.1) is 13.8 Å². The van der Waals surface area contributed by atoms with Crippen LogP contribution in [0.25, 0.3) is 0 Å². The number of pyridine rings is 1. The van der Waals surface area contributed by atoms with E-state index in [2.05, 4.69) is 22.5 Å².